The highest BCUT2D eigenvalue weighted by Gasteiger charge is 2.38. The lowest BCUT2D eigenvalue weighted by Crippen LogP contribution is -2.39. The fourth-order valence-electron chi connectivity index (χ4n) is 4.10. The van der Waals surface area contributed by atoms with Gasteiger partial charge in [-0.3, -0.25) is 4.79 Å². The van der Waals surface area contributed by atoms with Gasteiger partial charge in [-0.15, -0.1) is 0 Å². The van der Waals surface area contributed by atoms with E-state index in [1.54, 1.807) is 24.0 Å². The first-order valence-corrected chi connectivity index (χ1v) is 10.5. The lowest BCUT2D eigenvalue weighted by molar-refractivity contribution is -0.140. The number of carbonyl (C=O) groups excluding carboxylic acids is 2. The summed E-state index contributed by atoms with van der Waals surface area (Å²) in [5.41, 5.74) is 3.92. The summed E-state index contributed by atoms with van der Waals surface area (Å²) in [6, 6.07) is 14.0. The fraction of sp³-hybridized carbons (Fsp3) is 0.360. The van der Waals surface area contributed by atoms with Crippen LogP contribution in [0.4, 0.5) is 4.39 Å². The van der Waals surface area contributed by atoms with Gasteiger partial charge in [-0.1, -0.05) is 49.7 Å². The molecule has 3 rings (SSSR count). The Morgan fingerprint density at radius 2 is 1.93 bits per heavy atom. The van der Waals surface area contributed by atoms with E-state index in [4.69, 9.17) is 4.74 Å². The Kier molecular flexibility index (Phi) is 7.03. The van der Waals surface area contributed by atoms with Crippen molar-refractivity contribution in [2.45, 2.75) is 52.5 Å². The van der Waals surface area contributed by atoms with Crippen LogP contribution in [0.15, 0.2) is 59.8 Å². The van der Waals surface area contributed by atoms with Gasteiger partial charge in [0.05, 0.1) is 18.7 Å². The second-order valence-electron chi connectivity index (χ2n) is 7.55. The van der Waals surface area contributed by atoms with E-state index in [0.29, 0.717) is 23.3 Å². The molecule has 0 saturated carbocycles. The topological polar surface area (TPSA) is 46.6 Å². The average Bonchev–Trinajstić information content (AvgIpc) is 2.71. The quantitative estimate of drug-likeness (QED) is 0.586. The van der Waals surface area contributed by atoms with E-state index in [2.05, 4.69) is 0 Å². The molecule has 1 aliphatic heterocycles. The van der Waals surface area contributed by atoms with Crippen molar-refractivity contribution in [2.75, 3.05) is 6.61 Å². The van der Waals surface area contributed by atoms with E-state index in [-0.39, 0.29) is 43.2 Å². The number of ether oxygens (including phenoxy) is 1. The summed E-state index contributed by atoms with van der Waals surface area (Å²) in [4.78, 5) is 27.9. The van der Waals surface area contributed by atoms with Gasteiger partial charge in [0.1, 0.15) is 5.82 Å². The first-order chi connectivity index (χ1) is 14.5. The maximum atomic E-state index is 13.7. The van der Waals surface area contributed by atoms with Crippen molar-refractivity contribution in [3.63, 3.8) is 0 Å². The second-order valence-corrected chi connectivity index (χ2v) is 7.55. The van der Waals surface area contributed by atoms with Crippen molar-refractivity contribution in [3.8, 4) is 0 Å². The van der Waals surface area contributed by atoms with E-state index in [9.17, 15) is 14.0 Å². The van der Waals surface area contributed by atoms with Gasteiger partial charge in [0, 0.05) is 18.0 Å². The number of benzene rings is 2. The molecule has 0 bridgehead atoms. The summed E-state index contributed by atoms with van der Waals surface area (Å²) >= 11 is 0. The van der Waals surface area contributed by atoms with E-state index in [1.807, 2.05) is 38.1 Å². The van der Waals surface area contributed by atoms with Crippen LogP contribution in [-0.4, -0.2) is 23.4 Å². The van der Waals surface area contributed by atoms with E-state index < -0.39 is 0 Å². The highest BCUT2D eigenvalue weighted by Crippen LogP contribution is 2.40. The van der Waals surface area contributed by atoms with E-state index in [1.165, 1.54) is 12.1 Å². The zero-order valence-corrected chi connectivity index (χ0v) is 17.8. The van der Waals surface area contributed by atoms with Crippen LogP contribution in [0.2, 0.25) is 0 Å². The van der Waals surface area contributed by atoms with Crippen molar-refractivity contribution in [1.82, 2.24) is 4.90 Å². The van der Waals surface area contributed by atoms with E-state index in [0.717, 1.165) is 17.5 Å². The molecule has 2 aromatic carbocycles. The predicted molar refractivity (Wildman–Crippen MR) is 114 cm³/mol. The maximum absolute atomic E-state index is 13.7. The minimum absolute atomic E-state index is 0.0657. The molecule has 0 radical (unpaired) electrons. The number of rotatable bonds is 7. The summed E-state index contributed by atoms with van der Waals surface area (Å²) < 4.78 is 19.1. The highest BCUT2D eigenvalue weighted by atomic mass is 19.1. The molecule has 1 aliphatic rings. The molecule has 4 nitrogen and oxygen atoms in total. The molecule has 158 valence electrons. The molecule has 1 atom stereocenters. The molecule has 5 heteroatoms. The Bertz CT molecular complexity index is 966. The first kappa shape index (κ1) is 21.8. The van der Waals surface area contributed by atoms with Crippen LogP contribution in [0.5, 0.6) is 0 Å². The van der Waals surface area contributed by atoms with Crippen LogP contribution in [-0.2, 0) is 20.9 Å². The number of allylic oxidation sites excluding steroid dienone is 1. The zero-order chi connectivity index (χ0) is 21.7. The van der Waals surface area contributed by atoms with Crippen LogP contribution >= 0.6 is 0 Å². The summed E-state index contributed by atoms with van der Waals surface area (Å²) in [6.45, 7) is 6.27. The average molecular weight is 410 g/mol. The number of esters is 1. The van der Waals surface area contributed by atoms with Crippen LogP contribution in [0.3, 0.4) is 0 Å². The van der Waals surface area contributed by atoms with Crippen molar-refractivity contribution >= 4 is 11.9 Å². The van der Waals surface area contributed by atoms with Gasteiger partial charge in [-0.2, -0.15) is 0 Å². The van der Waals surface area contributed by atoms with Gasteiger partial charge in [0.25, 0.3) is 0 Å². The molecule has 0 saturated heterocycles. The minimum atomic E-state index is -0.383. The van der Waals surface area contributed by atoms with Gasteiger partial charge in [-0.25, -0.2) is 9.18 Å². The molecule has 2 aromatic rings. The predicted octanol–water partition coefficient (Wildman–Crippen LogP) is 5.27. The Hall–Kier alpha value is -2.95. The van der Waals surface area contributed by atoms with Crippen molar-refractivity contribution < 1.29 is 18.7 Å². The Balaban J connectivity index is 2.13. The number of nitrogens with zero attached hydrogens (tertiary/aromatic N) is 1. The van der Waals surface area contributed by atoms with Gasteiger partial charge in [-0.05, 0) is 49.1 Å². The number of halogens is 1. The van der Waals surface area contributed by atoms with Gasteiger partial charge in [0.15, 0.2) is 0 Å². The molecular weight excluding hydrogens is 381 g/mol. The summed E-state index contributed by atoms with van der Waals surface area (Å²) in [5.74, 6) is -1.14. The third kappa shape index (κ3) is 4.61. The highest BCUT2D eigenvalue weighted by molar-refractivity contribution is 5.96. The number of hydrogen-bond donors (Lipinski definition) is 0. The van der Waals surface area contributed by atoms with Gasteiger partial charge >= 0.3 is 5.97 Å². The molecule has 1 heterocycles. The molecule has 30 heavy (non-hydrogen) atoms. The Labute approximate surface area is 177 Å². The van der Waals surface area contributed by atoms with Gasteiger partial charge < -0.3 is 9.64 Å². The molecule has 0 aliphatic carbocycles. The smallest absolute Gasteiger partial charge is 0.336 e. The molecule has 0 spiro atoms. The Morgan fingerprint density at radius 1 is 1.17 bits per heavy atom. The molecule has 1 unspecified atom stereocenters. The fourth-order valence-corrected chi connectivity index (χ4v) is 4.10. The number of carbonyl (C=O) groups is 2. The third-order valence-electron chi connectivity index (χ3n) is 5.44. The normalized spacial score (nSPS) is 16.7. The third-order valence-corrected chi connectivity index (χ3v) is 5.44. The maximum Gasteiger partial charge on any atom is 0.336 e. The van der Waals surface area contributed by atoms with Crippen LogP contribution in [0, 0.1) is 12.7 Å². The molecule has 0 fully saturated rings. The summed E-state index contributed by atoms with van der Waals surface area (Å²) in [6.07, 6.45) is 1.52. The number of amides is 1. The molecule has 0 aromatic heterocycles. The first-order valence-electron chi connectivity index (χ1n) is 10.5. The summed E-state index contributed by atoms with van der Waals surface area (Å²) in [5, 5.41) is 0. The molecule has 0 N–H and O–H groups in total. The lowest BCUT2D eigenvalue weighted by Gasteiger charge is -2.36. The summed E-state index contributed by atoms with van der Waals surface area (Å²) in [7, 11) is 0. The van der Waals surface area contributed by atoms with Crippen LogP contribution in [0.25, 0.3) is 0 Å². The zero-order valence-electron chi connectivity index (χ0n) is 17.8. The number of hydrogen-bond acceptors (Lipinski definition) is 3. The lowest BCUT2D eigenvalue weighted by atomic mass is 9.81. The monoisotopic (exact) mass is 409 g/mol. The molecule has 1 amide bonds. The standard InChI is InChI=1S/C25H28FNO3/c1-4-9-22-24(25(29)30-5-2)21(20-13-7-6-10-17(20)3)15-23(28)27(22)16-18-11-8-12-19(26)14-18/h6-8,10-14,21H,4-5,9,15-16H2,1-3H3. The second kappa shape index (κ2) is 9.70. The largest absolute Gasteiger partial charge is 0.463 e. The van der Waals surface area contributed by atoms with Crippen LogP contribution < -0.4 is 0 Å². The number of aryl methyl sites for hydroxylation is 1. The van der Waals surface area contributed by atoms with Crippen molar-refractivity contribution in [2.24, 2.45) is 0 Å². The van der Waals surface area contributed by atoms with Crippen LogP contribution in [0.1, 0.15) is 55.7 Å². The van der Waals surface area contributed by atoms with Crippen molar-refractivity contribution in [1.29, 1.82) is 0 Å². The Morgan fingerprint density at radius 3 is 2.60 bits per heavy atom. The van der Waals surface area contributed by atoms with Crippen molar-refractivity contribution in [3.05, 3.63) is 82.3 Å². The minimum Gasteiger partial charge on any atom is -0.463 e. The molecular formula is C25H28FNO3. The van der Waals surface area contributed by atoms with Gasteiger partial charge in [0.2, 0.25) is 5.91 Å². The SMILES string of the molecule is CCCC1=C(C(=O)OCC)C(c2ccccc2C)CC(=O)N1Cc1cccc(F)c1. The van der Waals surface area contributed by atoms with E-state index >= 15 is 0 Å².